The predicted molar refractivity (Wildman–Crippen MR) is 123 cm³/mol. The highest BCUT2D eigenvalue weighted by molar-refractivity contribution is 14.0. The number of aromatic nitrogens is 2. The van der Waals surface area contributed by atoms with Crippen LogP contribution in [-0.2, 0) is 12.6 Å². The SMILES string of the molecule is CN=C(NCCc1cn2cccc(C)c2n1)NC(C)c1cccc(C(F)(F)F)c1.I. The highest BCUT2D eigenvalue weighted by atomic mass is 127. The monoisotopic (exact) mass is 531 g/mol. The van der Waals surface area contributed by atoms with Crippen molar-refractivity contribution in [3.63, 3.8) is 0 Å². The number of aliphatic imine (C=N–C) groups is 1. The second-order valence-electron chi connectivity index (χ2n) is 6.89. The smallest absolute Gasteiger partial charge is 0.356 e. The molecule has 0 aliphatic heterocycles. The summed E-state index contributed by atoms with van der Waals surface area (Å²) in [6, 6.07) is 8.97. The maximum Gasteiger partial charge on any atom is 0.416 e. The number of hydrogen-bond donors (Lipinski definition) is 2. The summed E-state index contributed by atoms with van der Waals surface area (Å²) in [6.45, 7) is 4.41. The average molecular weight is 531 g/mol. The maximum atomic E-state index is 12.9. The lowest BCUT2D eigenvalue weighted by Gasteiger charge is -2.19. The number of benzene rings is 1. The van der Waals surface area contributed by atoms with Crippen LogP contribution in [0, 0.1) is 6.92 Å². The number of hydrogen-bond acceptors (Lipinski definition) is 2. The molecule has 1 atom stereocenters. The Bertz CT molecular complexity index is 1010. The summed E-state index contributed by atoms with van der Waals surface area (Å²) in [4.78, 5) is 8.79. The van der Waals surface area contributed by atoms with Crippen LogP contribution in [0.1, 0.15) is 35.3 Å². The summed E-state index contributed by atoms with van der Waals surface area (Å²) in [5.74, 6) is 0.523. The van der Waals surface area contributed by atoms with Gasteiger partial charge >= 0.3 is 6.18 Å². The zero-order valence-corrected chi connectivity index (χ0v) is 19.3. The number of nitrogens with one attached hydrogen (secondary N) is 2. The molecule has 0 saturated heterocycles. The van der Waals surface area contributed by atoms with Crippen LogP contribution in [-0.4, -0.2) is 28.9 Å². The average Bonchev–Trinajstić information content (AvgIpc) is 3.11. The number of alkyl halides is 3. The normalized spacial score (nSPS) is 13.1. The van der Waals surface area contributed by atoms with Crippen molar-refractivity contribution < 1.29 is 13.2 Å². The van der Waals surface area contributed by atoms with Gasteiger partial charge in [0.2, 0.25) is 0 Å². The van der Waals surface area contributed by atoms with Crippen LogP contribution in [0.4, 0.5) is 13.2 Å². The topological polar surface area (TPSA) is 53.7 Å². The minimum absolute atomic E-state index is 0. The van der Waals surface area contributed by atoms with Crippen LogP contribution in [0.2, 0.25) is 0 Å². The van der Waals surface area contributed by atoms with Crippen LogP contribution in [0.25, 0.3) is 5.65 Å². The van der Waals surface area contributed by atoms with Crippen molar-refractivity contribution in [3.05, 3.63) is 71.2 Å². The maximum absolute atomic E-state index is 12.9. The van der Waals surface area contributed by atoms with Gasteiger partial charge in [-0.1, -0.05) is 18.2 Å². The van der Waals surface area contributed by atoms with E-state index in [1.165, 1.54) is 6.07 Å². The molecule has 2 N–H and O–H groups in total. The fourth-order valence-electron chi connectivity index (χ4n) is 3.10. The number of fused-ring (bicyclic) bond motifs is 1. The molecule has 1 aromatic carbocycles. The number of pyridine rings is 1. The largest absolute Gasteiger partial charge is 0.416 e. The highest BCUT2D eigenvalue weighted by Crippen LogP contribution is 2.30. The van der Waals surface area contributed by atoms with Gasteiger partial charge in [0.1, 0.15) is 5.65 Å². The summed E-state index contributed by atoms with van der Waals surface area (Å²) in [5, 5.41) is 6.32. The van der Waals surface area contributed by atoms with Crippen LogP contribution in [0.5, 0.6) is 0 Å². The number of aryl methyl sites for hydroxylation is 1. The first-order chi connectivity index (χ1) is 13.8. The van der Waals surface area contributed by atoms with Crippen LogP contribution in [0.15, 0.2) is 53.8 Å². The second-order valence-corrected chi connectivity index (χ2v) is 6.89. The molecule has 0 aliphatic rings. The highest BCUT2D eigenvalue weighted by Gasteiger charge is 2.30. The molecule has 0 spiro atoms. The molecule has 0 amide bonds. The molecule has 5 nitrogen and oxygen atoms in total. The van der Waals surface area contributed by atoms with Crippen molar-refractivity contribution in [2.24, 2.45) is 4.99 Å². The van der Waals surface area contributed by atoms with Gasteiger partial charge in [0.25, 0.3) is 0 Å². The van der Waals surface area contributed by atoms with Gasteiger partial charge in [-0.05, 0) is 43.2 Å². The van der Waals surface area contributed by atoms with Gasteiger partial charge in [-0.15, -0.1) is 24.0 Å². The molecule has 0 bridgehead atoms. The first kappa shape index (κ1) is 24.0. The number of nitrogens with zero attached hydrogens (tertiary/aromatic N) is 3. The zero-order chi connectivity index (χ0) is 21.0. The molecular weight excluding hydrogens is 506 g/mol. The molecule has 2 aromatic heterocycles. The van der Waals surface area contributed by atoms with Crippen LogP contribution < -0.4 is 10.6 Å². The minimum Gasteiger partial charge on any atom is -0.356 e. The van der Waals surface area contributed by atoms with Crippen LogP contribution >= 0.6 is 24.0 Å². The molecule has 30 heavy (non-hydrogen) atoms. The van der Waals surface area contributed by atoms with Gasteiger partial charge in [-0.3, -0.25) is 4.99 Å². The van der Waals surface area contributed by atoms with Gasteiger partial charge < -0.3 is 15.0 Å². The molecule has 3 rings (SSSR count). The van der Waals surface area contributed by atoms with Crippen molar-refractivity contribution in [3.8, 4) is 0 Å². The van der Waals surface area contributed by atoms with Crippen molar-refractivity contribution in [1.29, 1.82) is 0 Å². The standard InChI is InChI=1S/C21H24F3N5.HI/c1-14-6-5-11-29-13-18(28-19(14)29)9-10-26-20(25-3)27-15(2)16-7-4-8-17(12-16)21(22,23)24;/h4-8,11-13,15H,9-10H2,1-3H3,(H2,25,26,27);1H. The molecule has 2 heterocycles. The summed E-state index contributed by atoms with van der Waals surface area (Å²) >= 11 is 0. The van der Waals surface area contributed by atoms with Gasteiger partial charge in [-0.2, -0.15) is 13.2 Å². The van der Waals surface area contributed by atoms with Gasteiger partial charge in [0.15, 0.2) is 5.96 Å². The third kappa shape index (κ3) is 5.87. The lowest BCUT2D eigenvalue weighted by atomic mass is 10.1. The number of rotatable bonds is 5. The number of imidazole rings is 1. The van der Waals surface area contributed by atoms with E-state index in [2.05, 4.69) is 20.6 Å². The minimum atomic E-state index is -4.36. The van der Waals surface area contributed by atoms with Crippen LogP contribution in [0.3, 0.4) is 0 Å². The molecule has 0 saturated carbocycles. The molecular formula is C21H25F3IN5. The fraction of sp³-hybridized carbons (Fsp3) is 0.333. The van der Waals surface area contributed by atoms with Gasteiger partial charge in [0, 0.05) is 32.4 Å². The van der Waals surface area contributed by atoms with Gasteiger partial charge in [0.05, 0.1) is 17.3 Å². The molecule has 0 aliphatic carbocycles. The van der Waals surface area contributed by atoms with Crippen molar-refractivity contribution in [2.75, 3.05) is 13.6 Å². The second kappa shape index (κ2) is 10.1. The lowest BCUT2D eigenvalue weighted by Crippen LogP contribution is -2.39. The lowest BCUT2D eigenvalue weighted by molar-refractivity contribution is -0.137. The summed E-state index contributed by atoms with van der Waals surface area (Å²) in [5.41, 5.74) is 2.88. The third-order valence-electron chi connectivity index (χ3n) is 4.69. The Morgan fingerprint density at radius 3 is 2.67 bits per heavy atom. The van der Waals surface area contributed by atoms with E-state index < -0.39 is 11.7 Å². The quantitative estimate of drug-likeness (QED) is 0.284. The molecule has 3 aromatic rings. The Kier molecular flexibility index (Phi) is 8.10. The zero-order valence-electron chi connectivity index (χ0n) is 17.0. The Balaban J connectivity index is 0.00000320. The van der Waals surface area contributed by atoms with E-state index in [4.69, 9.17) is 0 Å². The van der Waals surface area contributed by atoms with E-state index in [1.807, 2.05) is 35.9 Å². The molecule has 1 unspecified atom stereocenters. The van der Waals surface area contributed by atoms with Crippen molar-refractivity contribution in [1.82, 2.24) is 20.0 Å². The van der Waals surface area contributed by atoms with E-state index in [0.717, 1.165) is 29.0 Å². The number of guanidine groups is 1. The molecule has 9 heteroatoms. The molecule has 0 fully saturated rings. The third-order valence-corrected chi connectivity index (χ3v) is 4.69. The van der Waals surface area contributed by atoms with E-state index in [0.29, 0.717) is 24.5 Å². The Labute approximate surface area is 190 Å². The Morgan fingerprint density at radius 1 is 1.23 bits per heavy atom. The summed E-state index contributed by atoms with van der Waals surface area (Å²) < 4.78 is 40.8. The first-order valence-corrected chi connectivity index (χ1v) is 9.35. The number of halogens is 4. The molecule has 162 valence electrons. The van der Waals surface area contributed by atoms with Crippen molar-refractivity contribution in [2.45, 2.75) is 32.5 Å². The van der Waals surface area contributed by atoms with E-state index in [1.54, 1.807) is 20.0 Å². The molecule has 0 radical (unpaired) electrons. The summed E-state index contributed by atoms with van der Waals surface area (Å²) in [7, 11) is 1.63. The Hall–Kier alpha value is -2.30. The predicted octanol–water partition coefficient (Wildman–Crippen LogP) is 4.75. The summed E-state index contributed by atoms with van der Waals surface area (Å²) in [6.07, 6.45) is 0.289. The van der Waals surface area contributed by atoms with E-state index in [-0.39, 0.29) is 30.0 Å². The fourth-order valence-corrected chi connectivity index (χ4v) is 3.10. The first-order valence-electron chi connectivity index (χ1n) is 9.35. The van der Waals surface area contributed by atoms with E-state index in [9.17, 15) is 13.2 Å². The van der Waals surface area contributed by atoms with Crippen molar-refractivity contribution >= 4 is 35.6 Å². The van der Waals surface area contributed by atoms with E-state index >= 15 is 0 Å². The Morgan fingerprint density at radius 2 is 2.00 bits per heavy atom. The van der Waals surface area contributed by atoms with Gasteiger partial charge in [-0.25, -0.2) is 4.98 Å².